The van der Waals surface area contributed by atoms with E-state index in [1.807, 2.05) is 24.3 Å². The molecule has 0 heterocycles. The second-order valence-electron chi connectivity index (χ2n) is 35.1. The van der Waals surface area contributed by atoms with Gasteiger partial charge in [0, 0.05) is 18.8 Å². The first-order valence-electron chi connectivity index (χ1n) is 43.1. The molecule has 6 saturated carbocycles. The average molecular weight is 1420 g/mol. The van der Waals surface area contributed by atoms with Crippen LogP contribution in [0.4, 0.5) is 4.39 Å². The van der Waals surface area contributed by atoms with Crippen LogP contribution in [0.3, 0.4) is 0 Å². The van der Waals surface area contributed by atoms with Crippen LogP contribution < -0.4 is 9.47 Å². The molecule has 7 aliphatic rings. The number of aryl methyl sites for hydroxylation is 1. The topological polar surface area (TPSA) is 96.2 Å². The number of carbonyl (C=O) groups excluding carboxylic acids is 1. The van der Waals surface area contributed by atoms with Crippen molar-refractivity contribution in [2.45, 2.75) is 331 Å². The Morgan fingerprint density at radius 3 is 1.74 bits per heavy atom. The molecule has 3 N–H and O–H groups in total. The van der Waals surface area contributed by atoms with Crippen LogP contribution in [0, 0.1) is 81.7 Å². The summed E-state index contributed by atoms with van der Waals surface area (Å²) in [6.45, 7) is 25.9. The molecule has 6 fully saturated rings. The van der Waals surface area contributed by atoms with Gasteiger partial charge in [0.05, 0.1) is 12.7 Å². The highest BCUT2D eigenvalue weighted by Crippen LogP contribution is 2.67. The van der Waals surface area contributed by atoms with E-state index < -0.39 is 11.8 Å². The molecule has 103 heavy (non-hydrogen) atoms. The van der Waals surface area contributed by atoms with E-state index in [1.165, 1.54) is 254 Å². The number of benzene rings is 4. The zero-order chi connectivity index (χ0) is 73.6. The van der Waals surface area contributed by atoms with Crippen LogP contribution in [-0.2, 0) is 11.2 Å². The van der Waals surface area contributed by atoms with Gasteiger partial charge in [0.1, 0.15) is 5.75 Å². The molecule has 0 amide bonds. The molecule has 6 nitrogen and oxygen atoms in total. The van der Waals surface area contributed by atoms with Gasteiger partial charge in [0.2, 0.25) is 0 Å². The minimum atomic E-state index is -0.645. The van der Waals surface area contributed by atoms with Crippen LogP contribution in [0.25, 0.3) is 22.3 Å². The summed E-state index contributed by atoms with van der Waals surface area (Å²) in [4.78, 5) is 11.6. The van der Waals surface area contributed by atoms with E-state index in [0.29, 0.717) is 42.1 Å². The SMILES string of the molecule is C=C(C)C(=O)Oc1ccc(-c2ccc(OCCCCCCCCCCCCO)cc2)cc1F.CC(C)CCC[C@@H](C)[C@H]1CC[C@H]2[C@@H]3CC=C4C[C@@H](O)CC[C@]4(C)[C@H]3CC[C@]12C.CCCC1CCC(C2CCC(CO)CC2)CC1.CCCCCC1CCC(c2ccc(-c3ccc(CC)cc3)cc2)CC1. The predicted molar refractivity (Wildman–Crippen MR) is 433 cm³/mol. The van der Waals surface area contributed by atoms with Gasteiger partial charge < -0.3 is 24.8 Å². The zero-order valence-electron chi connectivity index (χ0n) is 66.8. The van der Waals surface area contributed by atoms with Crippen LogP contribution in [0.5, 0.6) is 11.5 Å². The smallest absolute Gasteiger partial charge is 0.338 e. The number of allylic oxidation sites excluding steroid dienone is 1. The number of esters is 1. The lowest BCUT2D eigenvalue weighted by molar-refractivity contribution is -0.130. The maximum absolute atomic E-state index is 14.3. The number of hydrogen-bond acceptors (Lipinski definition) is 6. The quantitative estimate of drug-likeness (QED) is 0.0148. The fourth-order valence-corrected chi connectivity index (χ4v) is 20.7. The fourth-order valence-electron chi connectivity index (χ4n) is 20.7. The molecule has 7 aliphatic carbocycles. The number of rotatable bonds is 32. The normalized spacial score (nSPS) is 27.6. The highest BCUT2D eigenvalue weighted by Gasteiger charge is 2.59. The Bertz CT molecular complexity index is 3050. The van der Waals surface area contributed by atoms with E-state index in [4.69, 9.17) is 14.6 Å². The van der Waals surface area contributed by atoms with Crippen molar-refractivity contribution in [2.75, 3.05) is 19.8 Å². The van der Waals surface area contributed by atoms with Gasteiger partial charge in [-0.25, -0.2) is 9.18 Å². The van der Waals surface area contributed by atoms with Gasteiger partial charge in [0.15, 0.2) is 11.6 Å². The Labute approximate surface area is 628 Å². The Morgan fingerprint density at radius 2 is 1.16 bits per heavy atom. The maximum Gasteiger partial charge on any atom is 0.338 e. The van der Waals surface area contributed by atoms with Crippen molar-refractivity contribution in [3.63, 3.8) is 0 Å². The lowest BCUT2D eigenvalue weighted by Gasteiger charge is -2.58. The van der Waals surface area contributed by atoms with E-state index >= 15 is 0 Å². The van der Waals surface area contributed by atoms with Crippen molar-refractivity contribution in [3.05, 3.63) is 132 Å². The van der Waals surface area contributed by atoms with Crippen molar-refractivity contribution in [1.82, 2.24) is 0 Å². The molecule has 4 aromatic rings. The van der Waals surface area contributed by atoms with Crippen LogP contribution in [0.1, 0.15) is 330 Å². The fraction of sp³-hybridized carbons (Fsp3) is 0.698. The zero-order valence-corrected chi connectivity index (χ0v) is 66.8. The van der Waals surface area contributed by atoms with Crippen LogP contribution in [-0.4, -0.2) is 47.2 Å². The van der Waals surface area contributed by atoms with Gasteiger partial charge in [-0.15, -0.1) is 0 Å². The standard InChI is InChI=1S/C28H37FO4.C27H46O.C25H34.C16H30O/c1-22(2)28(31)33-27-18-15-24(21-26(27)29)23-13-16-25(17-14-23)32-20-12-10-8-6-4-3-5-7-9-11-19-30;1-18(2)7-6-8-19(3)23-11-12-24-22-10-9-20-17-21(28)13-15-26(20,4)25(22)14-16-27(23,24)5;1-3-5-6-7-21-10-14-23(15-11-21)25-18-16-24(17-19-25)22-12-8-20(4-2)9-13-22;1-2-3-13-4-8-15(9-5-13)16-10-6-14(12-17)7-11-16/h13-18,21,30H,1,3-12,19-20H2,2H3;9,18-19,21-25,28H,6-8,10-17H2,1-5H3;8-9,12-13,16-19,21,23H,3-7,10-11,14-15H2,1-2H3;13-17H,2-12H2,1H3/t;19-,21+,22+,23-,24+,25+,26+,27-;;/m.1../s1. The van der Waals surface area contributed by atoms with Gasteiger partial charge in [-0.05, 0) is 281 Å². The van der Waals surface area contributed by atoms with Crippen molar-refractivity contribution in [1.29, 1.82) is 0 Å². The molecule has 0 unspecified atom stereocenters. The first-order valence-corrected chi connectivity index (χ1v) is 43.1. The largest absolute Gasteiger partial charge is 0.494 e. The molecule has 0 bridgehead atoms. The second-order valence-corrected chi connectivity index (χ2v) is 35.1. The Morgan fingerprint density at radius 1 is 0.583 bits per heavy atom. The minimum absolute atomic E-state index is 0.0766. The Kier molecular flexibility index (Phi) is 36.0. The van der Waals surface area contributed by atoms with Crippen molar-refractivity contribution in [3.8, 4) is 33.8 Å². The van der Waals surface area contributed by atoms with Gasteiger partial charge in [-0.2, -0.15) is 0 Å². The molecule has 11 rings (SSSR count). The summed E-state index contributed by atoms with van der Waals surface area (Å²) in [7, 11) is 0. The number of halogens is 1. The number of ether oxygens (including phenoxy) is 2. The van der Waals surface area contributed by atoms with Crippen LogP contribution >= 0.6 is 0 Å². The molecule has 8 atom stereocenters. The number of carbonyl (C=O) groups is 1. The molecule has 0 spiro atoms. The minimum Gasteiger partial charge on any atom is -0.494 e. The summed E-state index contributed by atoms with van der Waals surface area (Å²) < 4.78 is 25.1. The van der Waals surface area contributed by atoms with E-state index in [9.17, 15) is 19.4 Å². The number of aliphatic hydroxyl groups is 3. The summed E-state index contributed by atoms with van der Waals surface area (Å²) in [6, 6.07) is 30.5. The Hall–Kier alpha value is -4.56. The third kappa shape index (κ3) is 25.5. The molecular weight excluding hydrogens is 1270 g/mol. The summed E-state index contributed by atoms with van der Waals surface area (Å²) in [6.07, 6.45) is 55.7. The highest BCUT2D eigenvalue weighted by molar-refractivity contribution is 5.89. The van der Waals surface area contributed by atoms with Gasteiger partial charge >= 0.3 is 5.97 Å². The summed E-state index contributed by atoms with van der Waals surface area (Å²) >= 11 is 0. The molecule has 0 aromatic heterocycles. The van der Waals surface area contributed by atoms with Crippen molar-refractivity contribution in [2.24, 2.45) is 75.9 Å². The van der Waals surface area contributed by atoms with E-state index in [2.05, 4.69) is 117 Å². The van der Waals surface area contributed by atoms with E-state index in [0.717, 1.165) is 115 Å². The van der Waals surface area contributed by atoms with Gasteiger partial charge in [-0.1, -0.05) is 262 Å². The average Bonchev–Trinajstić information content (AvgIpc) is 1.68. The van der Waals surface area contributed by atoms with Crippen molar-refractivity contribution < 1.29 is 34.0 Å². The monoisotopic (exact) mass is 1420 g/mol. The highest BCUT2D eigenvalue weighted by atomic mass is 19.1. The second kappa shape index (κ2) is 44.0. The lowest BCUT2D eigenvalue weighted by atomic mass is 9.47. The molecule has 4 aromatic carbocycles. The third-order valence-electron chi connectivity index (χ3n) is 27.3. The summed E-state index contributed by atoms with van der Waals surface area (Å²) in [5.41, 5.74) is 10.0. The van der Waals surface area contributed by atoms with Crippen LogP contribution in [0.2, 0.25) is 0 Å². The lowest BCUT2D eigenvalue weighted by Crippen LogP contribution is -2.50. The summed E-state index contributed by atoms with van der Waals surface area (Å²) in [5.74, 6) is 10.4. The molecule has 0 aliphatic heterocycles. The number of unbranched alkanes of at least 4 members (excludes halogenated alkanes) is 11. The predicted octanol–water partition coefficient (Wildman–Crippen LogP) is 26.8. The van der Waals surface area contributed by atoms with Crippen LogP contribution in [0.15, 0.2) is 115 Å². The van der Waals surface area contributed by atoms with E-state index in [1.54, 1.807) is 17.2 Å². The van der Waals surface area contributed by atoms with Gasteiger partial charge in [0.25, 0.3) is 0 Å². The molecule has 0 radical (unpaired) electrons. The maximum atomic E-state index is 14.3. The first kappa shape index (κ1) is 84.1. The van der Waals surface area contributed by atoms with Gasteiger partial charge in [-0.3, -0.25) is 0 Å². The Balaban J connectivity index is 0.000000178. The van der Waals surface area contributed by atoms with Crippen molar-refractivity contribution >= 4 is 5.97 Å². The molecule has 7 heteroatoms. The molecule has 574 valence electrons. The number of aliphatic hydroxyl groups excluding tert-OH is 3. The molecular formula is C96H147FO6. The molecule has 0 saturated heterocycles. The third-order valence-corrected chi connectivity index (χ3v) is 27.3. The van der Waals surface area contributed by atoms with E-state index in [-0.39, 0.29) is 17.4 Å². The number of fused-ring (bicyclic) bond motifs is 5. The number of hydrogen-bond donors (Lipinski definition) is 3. The first-order chi connectivity index (χ1) is 49.9. The summed E-state index contributed by atoms with van der Waals surface area (Å²) in [5, 5.41) is 28.1.